The minimum absolute atomic E-state index is 0.0259. The Kier molecular flexibility index (Phi) is 7.85. The monoisotopic (exact) mass is 523 g/mol. The quantitative estimate of drug-likeness (QED) is 0.328. The molecule has 0 radical (unpaired) electrons. The van der Waals surface area contributed by atoms with Crippen molar-refractivity contribution in [3.05, 3.63) is 76.2 Å². The van der Waals surface area contributed by atoms with Crippen molar-refractivity contribution in [2.45, 2.75) is 25.9 Å². The highest BCUT2D eigenvalue weighted by Gasteiger charge is 2.32. The van der Waals surface area contributed by atoms with Crippen LogP contribution in [0.4, 0.5) is 5.00 Å². The Morgan fingerprint density at radius 1 is 1.05 bits per heavy atom. The molecule has 4 rings (SSSR count). The SMILES string of the molecule is CC(=O)N(Cc1ccc(Oc2ccccc2)cc1)C[C@@H]1NCCc2c1sc(NC(=O)C(=O)O)c2C(=O)O. The molecule has 0 saturated carbocycles. The molecule has 2 amide bonds. The predicted octanol–water partition coefficient (Wildman–Crippen LogP) is 3.50. The molecule has 0 aliphatic carbocycles. The van der Waals surface area contributed by atoms with E-state index in [1.165, 1.54) is 6.92 Å². The number of fused-ring (bicyclic) bond motifs is 1. The molecule has 2 heterocycles. The topological polar surface area (TPSA) is 145 Å². The Morgan fingerprint density at radius 2 is 1.73 bits per heavy atom. The van der Waals surface area contributed by atoms with Gasteiger partial charge in [0.25, 0.3) is 0 Å². The number of carboxylic acids is 2. The zero-order valence-corrected chi connectivity index (χ0v) is 20.7. The number of nitrogens with one attached hydrogen (secondary N) is 2. The summed E-state index contributed by atoms with van der Waals surface area (Å²) in [6.45, 7) is 2.52. The van der Waals surface area contributed by atoms with Crippen LogP contribution in [0.2, 0.25) is 0 Å². The summed E-state index contributed by atoms with van der Waals surface area (Å²) in [6, 6.07) is 16.4. The fraction of sp³-hybridized carbons (Fsp3) is 0.231. The highest BCUT2D eigenvalue weighted by Crippen LogP contribution is 2.40. The Labute approximate surface area is 216 Å². The first kappa shape index (κ1) is 25.9. The van der Waals surface area contributed by atoms with Gasteiger partial charge >= 0.3 is 17.8 Å². The number of thiophene rings is 1. The summed E-state index contributed by atoms with van der Waals surface area (Å²) in [6.07, 6.45) is 0.399. The minimum atomic E-state index is -1.71. The second-order valence-corrected chi connectivity index (χ2v) is 9.48. The lowest BCUT2D eigenvalue weighted by Crippen LogP contribution is -2.40. The van der Waals surface area contributed by atoms with Gasteiger partial charge in [-0.2, -0.15) is 0 Å². The number of carbonyl (C=O) groups excluding carboxylic acids is 2. The fourth-order valence-corrected chi connectivity index (χ4v) is 5.43. The minimum Gasteiger partial charge on any atom is -0.478 e. The van der Waals surface area contributed by atoms with Gasteiger partial charge in [0.05, 0.1) is 11.6 Å². The molecule has 10 nitrogen and oxygen atoms in total. The Hall–Kier alpha value is -4.22. The third-order valence-corrected chi connectivity index (χ3v) is 7.14. The molecule has 1 aliphatic rings. The smallest absolute Gasteiger partial charge is 0.394 e. The maximum Gasteiger partial charge on any atom is 0.394 e. The fourth-order valence-electron chi connectivity index (χ4n) is 4.13. The van der Waals surface area contributed by atoms with Gasteiger partial charge < -0.3 is 30.5 Å². The molecule has 192 valence electrons. The van der Waals surface area contributed by atoms with Gasteiger partial charge in [-0.3, -0.25) is 9.59 Å². The van der Waals surface area contributed by atoms with Crippen LogP contribution in [0.1, 0.15) is 39.3 Å². The van der Waals surface area contributed by atoms with Crippen molar-refractivity contribution in [1.29, 1.82) is 0 Å². The van der Waals surface area contributed by atoms with Gasteiger partial charge in [-0.15, -0.1) is 11.3 Å². The number of anilines is 1. The second-order valence-electron chi connectivity index (χ2n) is 8.43. The van der Waals surface area contributed by atoms with Crippen molar-refractivity contribution in [2.75, 3.05) is 18.4 Å². The van der Waals surface area contributed by atoms with Gasteiger partial charge in [0, 0.05) is 24.9 Å². The third kappa shape index (κ3) is 6.13. The molecule has 0 unspecified atom stereocenters. The molecule has 0 bridgehead atoms. The van der Waals surface area contributed by atoms with E-state index in [1.54, 1.807) is 4.90 Å². The molecule has 1 atom stereocenters. The van der Waals surface area contributed by atoms with Gasteiger partial charge in [-0.1, -0.05) is 30.3 Å². The average Bonchev–Trinajstić information content (AvgIpc) is 3.24. The van der Waals surface area contributed by atoms with E-state index in [0.717, 1.165) is 22.6 Å². The van der Waals surface area contributed by atoms with Crippen LogP contribution in [0.15, 0.2) is 54.6 Å². The summed E-state index contributed by atoms with van der Waals surface area (Å²) in [4.78, 5) is 49.4. The van der Waals surface area contributed by atoms with Crippen LogP contribution >= 0.6 is 11.3 Å². The lowest BCUT2D eigenvalue weighted by atomic mass is 9.98. The third-order valence-electron chi connectivity index (χ3n) is 5.88. The van der Waals surface area contributed by atoms with Gasteiger partial charge in [0.1, 0.15) is 16.5 Å². The van der Waals surface area contributed by atoms with Crippen molar-refractivity contribution in [3.63, 3.8) is 0 Å². The van der Waals surface area contributed by atoms with E-state index in [1.807, 2.05) is 54.6 Å². The molecule has 0 fully saturated rings. The van der Waals surface area contributed by atoms with Crippen LogP contribution < -0.4 is 15.4 Å². The summed E-state index contributed by atoms with van der Waals surface area (Å²) in [5.41, 5.74) is 1.32. The van der Waals surface area contributed by atoms with E-state index in [4.69, 9.17) is 9.84 Å². The van der Waals surface area contributed by atoms with Crippen LogP contribution in [0.25, 0.3) is 0 Å². The van der Waals surface area contributed by atoms with Crippen molar-refractivity contribution in [2.24, 2.45) is 0 Å². The van der Waals surface area contributed by atoms with E-state index in [-0.39, 0.29) is 29.1 Å². The van der Waals surface area contributed by atoms with Crippen LogP contribution in [-0.4, -0.2) is 52.0 Å². The van der Waals surface area contributed by atoms with Crippen LogP contribution in [0, 0.1) is 0 Å². The number of carboxylic acid groups (broad SMARTS) is 2. The second kappa shape index (κ2) is 11.2. The van der Waals surface area contributed by atoms with Gasteiger partial charge in [0.2, 0.25) is 5.91 Å². The standard InChI is InChI=1S/C26H25N3O7S/c1-15(30)29(13-16-7-9-18(10-8-16)36-17-5-3-2-4-6-17)14-20-22-19(11-12-27-20)21(25(32)33)24(37-22)28-23(31)26(34)35/h2-10,20,27H,11-14H2,1H3,(H,28,31)(H,32,33)(H,34,35)/t20-/m0/s1. The Balaban J connectivity index is 1.51. The highest BCUT2D eigenvalue weighted by molar-refractivity contribution is 7.17. The molecular formula is C26H25N3O7S. The van der Waals surface area contributed by atoms with Crippen molar-refractivity contribution in [1.82, 2.24) is 10.2 Å². The Bertz CT molecular complexity index is 1320. The number of aliphatic carboxylic acids is 1. The number of benzene rings is 2. The number of para-hydroxylation sites is 1. The molecule has 3 aromatic rings. The molecule has 1 aliphatic heterocycles. The number of amides is 2. The number of hydrogen-bond donors (Lipinski definition) is 4. The van der Waals surface area contributed by atoms with E-state index < -0.39 is 17.8 Å². The lowest BCUT2D eigenvalue weighted by Gasteiger charge is -2.30. The van der Waals surface area contributed by atoms with Gasteiger partial charge in [-0.25, -0.2) is 9.59 Å². The molecule has 37 heavy (non-hydrogen) atoms. The largest absolute Gasteiger partial charge is 0.478 e. The summed E-state index contributed by atoms with van der Waals surface area (Å²) >= 11 is 1.01. The van der Waals surface area contributed by atoms with E-state index in [2.05, 4.69) is 10.6 Å². The summed E-state index contributed by atoms with van der Waals surface area (Å²) in [5.74, 6) is -3.04. The number of hydrogen-bond acceptors (Lipinski definition) is 7. The van der Waals surface area contributed by atoms with E-state index in [0.29, 0.717) is 35.7 Å². The molecule has 2 aromatic carbocycles. The van der Waals surface area contributed by atoms with E-state index >= 15 is 0 Å². The first-order chi connectivity index (χ1) is 17.7. The van der Waals surface area contributed by atoms with E-state index in [9.17, 15) is 24.3 Å². The molecule has 0 saturated heterocycles. The molecule has 11 heteroatoms. The number of carbonyl (C=O) groups is 4. The molecular weight excluding hydrogens is 498 g/mol. The number of ether oxygens (including phenoxy) is 1. The van der Waals surface area contributed by atoms with Crippen molar-refractivity contribution < 1.29 is 34.1 Å². The maximum absolute atomic E-state index is 12.5. The molecule has 1 aromatic heterocycles. The highest BCUT2D eigenvalue weighted by atomic mass is 32.1. The van der Waals surface area contributed by atoms with Crippen LogP contribution in [-0.2, 0) is 27.3 Å². The summed E-state index contributed by atoms with van der Waals surface area (Å²) in [7, 11) is 0. The van der Waals surface area contributed by atoms with Crippen molar-refractivity contribution >= 4 is 40.1 Å². The molecule has 4 N–H and O–H groups in total. The maximum atomic E-state index is 12.5. The normalized spacial score (nSPS) is 14.4. The van der Waals surface area contributed by atoms with Gasteiger partial charge in [-0.05, 0) is 48.4 Å². The summed E-state index contributed by atoms with van der Waals surface area (Å²) < 4.78 is 5.82. The first-order valence-electron chi connectivity index (χ1n) is 11.5. The average molecular weight is 524 g/mol. The molecule has 0 spiro atoms. The predicted molar refractivity (Wildman–Crippen MR) is 136 cm³/mol. The number of aromatic carboxylic acids is 1. The zero-order chi connectivity index (χ0) is 26.5. The van der Waals surface area contributed by atoms with Crippen LogP contribution in [0.3, 0.4) is 0 Å². The van der Waals surface area contributed by atoms with Gasteiger partial charge in [0.15, 0.2) is 0 Å². The zero-order valence-electron chi connectivity index (χ0n) is 19.9. The first-order valence-corrected chi connectivity index (χ1v) is 12.3. The lowest BCUT2D eigenvalue weighted by molar-refractivity contribution is -0.147. The van der Waals surface area contributed by atoms with Crippen molar-refractivity contribution in [3.8, 4) is 11.5 Å². The van der Waals surface area contributed by atoms with Crippen LogP contribution in [0.5, 0.6) is 11.5 Å². The number of rotatable bonds is 8. The Morgan fingerprint density at radius 3 is 2.35 bits per heavy atom. The number of nitrogens with zero attached hydrogens (tertiary/aromatic N) is 1. The summed E-state index contributed by atoms with van der Waals surface area (Å²) in [5, 5.41) is 24.1.